The van der Waals surface area contributed by atoms with Crippen molar-refractivity contribution in [2.75, 3.05) is 20.0 Å². The van der Waals surface area contributed by atoms with Crippen LogP contribution in [0.2, 0.25) is 0 Å². The number of hydrogen-bond donors (Lipinski definition) is 2. The molecule has 4 nitrogen and oxygen atoms in total. The lowest BCUT2D eigenvalue weighted by molar-refractivity contribution is -0.330. The zero-order chi connectivity index (χ0) is 5.54. The number of aliphatic hydroxyl groups excluding tert-OH is 2. The van der Waals surface area contributed by atoms with Crippen molar-refractivity contribution in [1.29, 1.82) is 0 Å². The number of rotatable bonds is 4. The third kappa shape index (κ3) is 5.84. The monoisotopic (exact) mass is 108 g/mol. The second kappa shape index (κ2) is 5.84. The first-order valence-corrected chi connectivity index (χ1v) is 1.88. The van der Waals surface area contributed by atoms with Gasteiger partial charge in [0.05, 0.1) is 6.61 Å². The van der Waals surface area contributed by atoms with Gasteiger partial charge < -0.3 is 10.2 Å². The van der Waals surface area contributed by atoms with Gasteiger partial charge in [0.25, 0.3) is 0 Å². The Morgan fingerprint density at radius 3 is 2.29 bits per heavy atom. The lowest BCUT2D eigenvalue weighted by Gasteiger charge is -1.94. The molecular weight excluding hydrogens is 100 g/mol. The van der Waals surface area contributed by atoms with Gasteiger partial charge in [0.15, 0.2) is 6.79 Å². The minimum Gasteiger partial charge on any atom is -0.394 e. The normalized spacial score (nSPS) is 9.43. The summed E-state index contributed by atoms with van der Waals surface area (Å²) >= 11 is 0. The van der Waals surface area contributed by atoms with Crippen molar-refractivity contribution in [3.8, 4) is 0 Å². The standard InChI is InChI=1S/C3H8O4/c4-1-2-6-7-3-5/h4-5H,1-3H2. The van der Waals surface area contributed by atoms with Crippen LogP contribution in [0.5, 0.6) is 0 Å². The van der Waals surface area contributed by atoms with Gasteiger partial charge in [-0.1, -0.05) is 0 Å². The number of aliphatic hydroxyl groups is 2. The maximum absolute atomic E-state index is 8.01. The molecule has 0 amide bonds. The topological polar surface area (TPSA) is 58.9 Å². The lowest BCUT2D eigenvalue weighted by Crippen LogP contribution is -2.00. The summed E-state index contributed by atoms with van der Waals surface area (Å²) in [7, 11) is 0. The molecule has 0 saturated carbocycles. The first kappa shape index (κ1) is 6.84. The van der Waals surface area contributed by atoms with Crippen LogP contribution in [0.25, 0.3) is 0 Å². The van der Waals surface area contributed by atoms with Crippen LogP contribution in [0.4, 0.5) is 0 Å². The molecular formula is C3H8O4. The molecule has 0 atom stereocenters. The minimum atomic E-state index is -0.472. The Balaban J connectivity index is 2.45. The molecule has 0 aliphatic rings. The Morgan fingerprint density at radius 1 is 1.14 bits per heavy atom. The van der Waals surface area contributed by atoms with Gasteiger partial charge in [0.1, 0.15) is 6.61 Å². The second-order valence-electron chi connectivity index (χ2n) is 0.793. The van der Waals surface area contributed by atoms with E-state index in [1.807, 2.05) is 0 Å². The first-order valence-electron chi connectivity index (χ1n) is 1.88. The molecule has 0 rings (SSSR count). The van der Waals surface area contributed by atoms with Crippen LogP contribution >= 0.6 is 0 Å². The molecule has 0 bridgehead atoms. The van der Waals surface area contributed by atoms with E-state index in [4.69, 9.17) is 10.2 Å². The van der Waals surface area contributed by atoms with Gasteiger partial charge in [-0.2, -0.15) is 0 Å². The molecule has 0 spiro atoms. The molecule has 0 aromatic carbocycles. The predicted molar refractivity (Wildman–Crippen MR) is 21.2 cm³/mol. The van der Waals surface area contributed by atoms with Gasteiger partial charge in [-0.05, 0) is 0 Å². The van der Waals surface area contributed by atoms with Gasteiger partial charge in [-0.25, -0.2) is 9.78 Å². The van der Waals surface area contributed by atoms with Gasteiger partial charge in [0, 0.05) is 0 Å². The van der Waals surface area contributed by atoms with Crippen molar-refractivity contribution in [2.45, 2.75) is 0 Å². The van der Waals surface area contributed by atoms with Crippen LogP contribution in [0, 0.1) is 0 Å². The number of hydrogen-bond acceptors (Lipinski definition) is 4. The SMILES string of the molecule is OCCOOCO. The van der Waals surface area contributed by atoms with E-state index in [9.17, 15) is 0 Å². The van der Waals surface area contributed by atoms with E-state index in [1.54, 1.807) is 0 Å². The van der Waals surface area contributed by atoms with Crippen molar-refractivity contribution in [3.05, 3.63) is 0 Å². The Bertz CT molecular complexity index is 26.1. The highest BCUT2D eigenvalue weighted by molar-refractivity contribution is 4.11. The minimum absolute atomic E-state index is 0.0972. The van der Waals surface area contributed by atoms with Crippen LogP contribution in [-0.2, 0) is 9.78 Å². The van der Waals surface area contributed by atoms with Gasteiger partial charge in [-0.3, -0.25) is 0 Å². The molecule has 2 N–H and O–H groups in total. The predicted octanol–water partition coefficient (Wildman–Crippen LogP) is -1.12. The zero-order valence-electron chi connectivity index (χ0n) is 3.83. The first-order chi connectivity index (χ1) is 3.41. The molecule has 4 heteroatoms. The van der Waals surface area contributed by atoms with E-state index in [2.05, 4.69) is 9.78 Å². The molecule has 0 aliphatic carbocycles. The highest BCUT2D eigenvalue weighted by atomic mass is 17.2. The summed E-state index contributed by atoms with van der Waals surface area (Å²) < 4.78 is 0. The van der Waals surface area contributed by atoms with Crippen molar-refractivity contribution < 1.29 is 20.0 Å². The Morgan fingerprint density at radius 2 is 1.86 bits per heavy atom. The Kier molecular flexibility index (Phi) is 5.71. The van der Waals surface area contributed by atoms with Gasteiger partial charge in [-0.15, -0.1) is 0 Å². The van der Waals surface area contributed by atoms with Crippen molar-refractivity contribution >= 4 is 0 Å². The van der Waals surface area contributed by atoms with E-state index >= 15 is 0 Å². The van der Waals surface area contributed by atoms with E-state index < -0.39 is 6.79 Å². The molecule has 0 saturated heterocycles. The summed E-state index contributed by atoms with van der Waals surface area (Å²) in [5, 5.41) is 15.9. The van der Waals surface area contributed by atoms with Crippen molar-refractivity contribution in [1.82, 2.24) is 0 Å². The molecule has 0 aromatic rings. The Labute approximate surface area is 41.2 Å². The maximum atomic E-state index is 8.01. The quantitative estimate of drug-likeness (QED) is 0.207. The van der Waals surface area contributed by atoms with E-state index in [-0.39, 0.29) is 13.2 Å². The van der Waals surface area contributed by atoms with E-state index in [0.29, 0.717) is 0 Å². The van der Waals surface area contributed by atoms with Crippen molar-refractivity contribution in [3.63, 3.8) is 0 Å². The van der Waals surface area contributed by atoms with Crippen LogP contribution in [0.15, 0.2) is 0 Å². The summed E-state index contributed by atoms with van der Waals surface area (Å²) in [4.78, 5) is 8.10. The second-order valence-corrected chi connectivity index (χ2v) is 0.793. The zero-order valence-corrected chi connectivity index (χ0v) is 3.83. The summed E-state index contributed by atoms with van der Waals surface area (Å²) in [6.45, 7) is -0.472. The molecule has 0 aliphatic heterocycles. The fourth-order valence-electron chi connectivity index (χ4n) is 0.133. The molecule has 44 valence electrons. The average Bonchev–Trinajstić information content (AvgIpc) is 1.69. The third-order valence-electron chi connectivity index (χ3n) is 0.311. The largest absolute Gasteiger partial charge is 0.394 e. The summed E-state index contributed by atoms with van der Waals surface area (Å²) in [6, 6.07) is 0. The Hall–Kier alpha value is -0.160. The van der Waals surface area contributed by atoms with Crippen LogP contribution in [0.3, 0.4) is 0 Å². The fraction of sp³-hybridized carbons (Fsp3) is 1.00. The molecule has 7 heavy (non-hydrogen) atoms. The third-order valence-corrected chi connectivity index (χ3v) is 0.311. The summed E-state index contributed by atoms with van der Waals surface area (Å²) in [5.41, 5.74) is 0. The molecule has 0 unspecified atom stereocenters. The van der Waals surface area contributed by atoms with Crippen LogP contribution in [0.1, 0.15) is 0 Å². The van der Waals surface area contributed by atoms with Gasteiger partial charge in [0.2, 0.25) is 0 Å². The average molecular weight is 108 g/mol. The van der Waals surface area contributed by atoms with E-state index in [1.165, 1.54) is 0 Å². The molecule has 0 radical (unpaired) electrons. The molecule has 0 aromatic heterocycles. The molecule has 0 fully saturated rings. The summed E-state index contributed by atoms with van der Waals surface area (Å²) in [5.74, 6) is 0. The lowest BCUT2D eigenvalue weighted by atomic mass is 10.8. The highest BCUT2D eigenvalue weighted by Crippen LogP contribution is 1.71. The summed E-state index contributed by atoms with van der Waals surface area (Å²) in [6.07, 6.45) is 0. The van der Waals surface area contributed by atoms with Crippen molar-refractivity contribution in [2.24, 2.45) is 0 Å². The van der Waals surface area contributed by atoms with E-state index in [0.717, 1.165) is 0 Å². The fourth-order valence-corrected chi connectivity index (χ4v) is 0.133. The molecule has 0 heterocycles. The maximum Gasteiger partial charge on any atom is 0.178 e. The van der Waals surface area contributed by atoms with Crippen LogP contribution in [-0.4, -0.2) is 30.2 Å². The smallest absolute Gasteiger partial charge is 0.178 e. The van der Waals surface area contributed by atoms with Gasteiger partial charge >= 0.3 is 0 Å². The highest BCUT2D eigenvalue weighted by Gasteiger charge is 1.79. The van der Waals surface area contributed by atoms with Crippen LogP contribution < -0.4 is 0 Å².